The maximum atomic E-state index is 12.4. The number of thioether (sulfide) groups is 1. The Labute approximate surface area is 127 Å². The molecule has 0 saturated carbocycles. The van der Waals surface area contributed by atoms with Gasteiger partial charge in [0.2, 0.25) is 5.91 Å². The van der Waals surface area contributed by atoms with Gasteiger partial charge in [-0.25, -0.2) is 4.98 Å². The molecular formula is C15H19N3O2S. The van der Waals surface area contributed by atoms with Crippen LogP contribution in [0.4, 0.5) is 0 Å². The Hall–Kier alpha value is -1.82. The second-order valence-electron chi connectivity index (χ2n) is 4.60. The molecule has 0 bridgehead atoms. The lowest BCUT2D eigenvalue weighted by Crippen LogP contribution is -2.27. The van der Waals surface area contributed by atoms with Gasteiger partial charge < -0.3 is 5.32 Å². The Kier molecular flexibility index (Phi) is 5.38. The minimum atomic E-state index is -0.0560. The Bertz CT molecular complexity index is 697. The molecule has 0 radical (unpaired) electrons. The summed E-state index contributed by atoms with van der Waals surface area (Å²) in [5.74, 6) is 0.233. The van der Waals surface area contributed by atoms with Gasteiger partial charge in [-0.1, -0.05) is 30.8 Å². The van der Waals surface area contributed by atoms with Crippen LogP contribution in [0.3, 0.4) is 0 Å². The van der Waals surface area contributed by atoms with Crippen LogP contribution < -0.4 is 10.9 Å². The summed E-state index contributed by atoms with van der Waals surface area (Å²) in [6.07, 6.45) is 0.907. The standard InChI is InChI=1S/C15H19N3O2S/c1-3-9-16-13(19)10-21-15-17-12-8-6-5-7-11(12)14(20)18(15)4-2/h5-8H,3-4,9-10H2,1-2H3,(H,16,19). The lowest BCUT2D eigenvalue weighted by molar-refractivity contribution is -0.118. The van der Waals surface area contributed by atoms with Crippen molar-refractivity contribution in [1.29, 1.82) is 0 Å². The number of nitrogens with zero attached hydrogens (tertiary/aromatic N) is 2. The van der Waals surface area contributed by atoms with E-state index in [1.165, 1.54) is 11.8 Å². The van der Waals surface area contributed by atoms with Gasteiger partial charge in [0, 0.05) is 13.1 Å². The van der Waals surface area contributed by atoms with Crippen LogP contribution in [-0.4, -0.2) is 27.8 Å². The lowest BCUT2D eigenvalue weighted by atomic mass is 10.2. The van der Waals surface area contributed by atoms with Crippen molar-refractivity contribution in [3.05, 3.63) is 34.6 Å². The summed E-state index contributed by atoms with van der Waals surface area (Å²) in [6.45, 7) is 5.12. The third-order valence-electron chi connectivity index (χ3n) is 3.05. The molecule has 0 spiro atoms. The summed E-state index contributed by atoms with van der Waals surface area (Å²) in [5.41, 5.74) is 0.614. The lowest BCUT2D eigenvalue weighted by Gasteiger charge is -2.11. The highest BCUT2D eigenvalue weighted by molar-refractivity contribution is 7.99. The number of hydrogen-bond donors (Lipinski definition) is 1. The number of fused-ring (bicyclic) bond motifs is 1. The number of amides is 1. The number of nitrogens with one attached hydrogen (secondary N) is 1. The summed E-state index contributed by atoms with van der Waals surface area (Å²) < 4.78 is 1.61. The molecule has 0 unspecified atom stereocenters. The smallest absolute Gasteiger partial charge is 0.262 e. The monoisotopic (exact) mass is 305 g/mol. The Morgan fingerprint density at radius 1 is 1.33 bits per heavy atom. The van der Waals surface area contributed by atoms with Crippen molar-refractivity contribution in [3.8, 4) is 0 Å². The molecule has 112 valence electrons. The number of para-hydroxylation sites is 1. The van der Waals surface area contributed by atoms with Gasteiger partial charge in [0.1, 0.15) is 0 Å². The highest BCUT2D eigenvalue weighted by Gasteiger charge is 2.11. The van der Waals surface area contributed by atoms with Crippen LogP contribution in [0.15, 0.2) is 34.2 Å². The molecule has 0 saturated heterocycles. The second-order valence-corrected chi connectivity index (χ2v) is 5.54. The summed E-state index contributed by atoms with van der Waals surface area (Å²) in [6, 6.07) is 7.28. The summed E-state index contributed by atoms with van der Waals surface area (Å²) in [4.78, 5) is 28.6. The second kappa shape index (κ2) is 7.26. The molecule has 5 nitrogen and oxygen atoms in total. The topological polar surface area (TPSA) is 64.0 Å². The van der Waals surface area contributed by atoms with Crippen LogP contribution in [0, 0.1) is 0 Å². The van der Waals surface area contributed by atoms with Crippen molar-refractivity contribution in [2.24, 2.45) is 0 Å². The van der Waals surface area contributed by atoms with Gasteiger partial charge in [-0.05, 0) is 25.5 Å². The third-order valence-corrected chi connectivity index (χ3v) is 4.02. The molecule has 0 fully saturated rings. The van der Waals surface area contributed by atoms with Crippen molar-refractivity contribution in [2.45, 2.75) is 32.0 Å². The van der Waals surface area contributed by atoms with Crippen LogP contribution in [0.2, 0.25) is 0 Å². The Morgan fingerprint density at radius 2 is 2.10 bits per heavy atom. The minimum absolute atomic E-state index is 0.0353. The zero-order chi connectivity index (χ0) is 15.2. The average molecular weight is 305 g/mol. The average Bonchev–Trinajstić information content (AvgIpc) is 2.51. The van der Waals surface area contributed by atoms with Crippen molar-refractivity contribution in [3.63, 3.8) is 0 Å². The molecule has 0 aliphatic heterocycles. The summed E-state index contributed by atoms with van der Waals surface area (Å²) in [5, 5.41) is 4.02. The van der Waals surface area contributed by atoms with E-state index >= 15 is 0 Å². The Balaban J connectivity index is 2.26. The number of aromatic nitrogens is 2. The number of carbonyl (C=O) groups is 1. The van der Waals surface area contributed by atoms with E-state index in [9.17, 15) is 9.59 Å². The minimum Gasteiger partial charge on any atom is -0.355 e. The zero-order valence-electron chi connectivity index (χ0n) is 12.3. The first-order valence-electron chi connectivity index (χ1n) is 7.06. The van der Waals surface area contributed by atoms with Crippen LogP contribution >= 0.6 is 11.8 Å². The van der Waals surface area contributed by atoms with Crippen molar-refractivity contribution in [1.82, 2.24) is 14.9 Å². The van der Waals surface area contributed by atoms with Crippen LogP contribution in [0.1, 0.15) is 20.3 Å². The fourth-order valence-electron chi connectivity index (χ4n) is 1.98. The third kappa shape index (κ3) is 3.64. The molecule has 0 aliphatic rings. The van der Waals surface area contributed by atoms with Gasteiger partial charge in [0.05, 0.1) is 16.7 Å². The number of rotatable bonds is 6. The highest BCUT2D eigenvalue weighted by atomic mass is 32.2. The van der Waals surface area contributed by atoms with E-state index in [-0.39, 0.29) is 17.2 Å². The van der Waals surface area contributed by atoms with Crippen molar-refractivity contribution >= 4 is 28.6 Å². The van der Waals surface area contributed by atoms with E-state index in [2.05, 4.69) is 10.3 Å². The van der Waals surface area contributed by atoms with Crippen molar-refractivity contribution in [2.75, 3.05) is 12.3 Å². The van der Waals surface area contributed by atoms with Gasteiger partial charge in [-0.15, -0.1) is 0 Å². The molecule has 1 amide bonds. The fourth-order valence-corrected chi connectivity index (χ4v) is 2.88. The summed E-state index contributed by atoms with van der Waals surface area (Å²) >= 11 is 1.30. The molecule has 1 N–H and O–H groups in total. The van der Waals surface area contributed by atoms with E-state index in [1.54, 1.807) is 10.6 Å². The molecule has 0 aliphatic carbocycles. The van der Waals surface area contributed by atoms with Gasteiger partial charge in [0.25, 0.3) is 5.56 Å². The normalized spacial score (nSPS) is 10.8. The van der Waals surface area contributed by atoms with Gasteiger partial charge in [-0.3, -0.25) is 14.2 Å². The van der Waals surface area contributed by atoms with E-state index in [1.807, 2.05) is 32.0 Å². The van der Waals surface area contributed by atoms with E-state index in [4.69, 9.17) is 0 Å². The largest absolute Gasteiger partial charge is 0.355 e. The molecule has 1 aromatic carbocycles. The first-order valence-corrected chi connectivity index (χ1v) is 8.05. The molecule has 0 atom stereocenters. The molecule has 1 heterocycles. The number of benzene rings is 1. The maximum absolute atomic E-state index is 12.4. The van der Waals surface area contributed by atoms with E-state index in [0.29, 0.717) is 29.1 Å². The first kappa shape index (κ1) is 15.6. The summed E-state index contributed by atoms with van der Waals surface area (Å²) in [7, 11) is 0. The predicted octanol–water partition coefficient (Wildman–Crippen LogP) is 2.03. The van der Waals surface area contributed by atoms with Gasteiger partial charge in [-0.2, -0.15) is 0 Å². The quantitative estimate of drug-likeness (QED) is 0.655. The van der Waals surface area contributed by atoms with Gasteiger partial charge in [0.15, 0.2) is 5.16 Å². The Morgan fingerprint density at radius 3 is 2.81 bits per heavy atom. The van der Waals surface area contributed by atoms with Crippen LogP contribution in [0.5, 0.6) is 0 Å². The van der Waals surface area contributed by atoms with E-state index < -0.39 is 0 Å². The number of hydrogen-bond acceptors (Lipinski definition) is 4. The SMILES string of the molecule is CCCNC(=O)CSc1nc2ccccc2c(=O)n1CC. The maximum Gasteiger partial charge on any atom is 0.262 e. The van der Waals surface area contributed by atoms with Crippen LogP contribution in [0.25, 0.3) is 10.9 Å². The molecule has 2 aromatic rings. The molecule has 21 heavy (non-hydrogen) atoms. The molecule has 1 aromatic heterocycles. The zero-order valence-corrected chi connectivity index (χ0v) is 13.1. The van der Waals surface area contributed by atoms with E-state index in [0.717, 1.165) is 6.42 Å². The van der Waals surface area contributed by atoms with Gasteiger partial charge >= 0.3 is 0 Å². The highest BCUT2D eigenvalue weighted by Crippen LogP contribution is 2.17. The fraction of sp³-hybridized carbons (Fsp3) is 0.400. The van der Waals surface area contributed by atoms with Crippen LogP contribution in [-0.2, 0) is 11.3 Å². The predicted molar refractivity (Wildman–Crippen MR) is 85.7 cm³/mol. The molecule has 6 heteroatoms. The first-order chi connectivity index (χ1) is 10.2. The molecule has 2 rings (SSSR count). The number of carbonyl (C=O) groups excluding carboxylic acids is 1. The molecular weight excluding hydrogens is 286 g/mol. The van der Waals surface area contributed by atoms with Crippen molar-refractivity contribution < 1.29 is 4.79 Å².